The van der Waals surface area contributed by atoms with Crippen molar-refractivity contribution in [3.05, 3.63) is 29.8 Å². The lowest BCUT2D eigenvalue weighted by Crippen LogP contribution is -2.20. The fourth-order valence-electron chi connectivity index (χ4n) is 1.43. The molecule has 0 aromatic heterocycles. The Morgan fingerprint density at radius 2 is 2.05 bits per heavy atom. The third-order valence-corrected chi connectivity index (χ3v) is 3.41. The molecule has 5 N–H and O–H groups in total. The number of primary amides is 1. The standard InChI is InChI=1S/C13H19N3O2S/c1-9(14)6-7-19-8-12(17)16-11-5-3-2-4-10(11)13(15)18/h2-5,9H,6-8,14H2,1H3,(H2,15,18)(H,16,17). The number of hydrogen-bond acceptors (Lipinski definition) is 4. The Morgan fingerprint density at radius 3 is 2.68 bits per heavy atom. The molecule has 1 rings (SSSR count). The molecule has 0 aliphatic heterocycles. The maximum Gasteiger partial charge on any atom is 0.250 e. The van der Waals surface area contributed by atoms with E-state index in [1.807, 2.05) is 6.92 Å². The number of hydrogen-bond donors (Lipinski definition) is 3. The van der Waals surface area contributed by atoms with E-state index in [1.165, 1.54) is 11.8 Å². The smallest absolute Gasteiger partial charge is 0.250 e. The van der Waals surface area contributed by atoms with Crippen LogP contribution in [-0.2, 0) is 4.79 Å². The van der Waals surface area contributed by atoms with Gasteiger partial charge in [-0.15, -0.1) is 0 Å². The summed E-state index contributed by atoms with van der Waals surface area (Å²) in [6.45, 7) is 1.93. The van der Waals surface area contributed by atoms with Gasteiger partial charge < -0.3 is 16.8 Å². The van der Waals surface area contributed by atoms with Gasteiger partial charge in [-0.3, -0.25) is 9.59 Å². The maximum atomic E-state index is 11.7. The lowest BCUT2D eigenvalue weighted by atomic mass is 10.1. The average molecular weight is 281 g/mol. The molecule has 0 saturated carbocycles. The van der Waals surface area contributed by atoms with Gasteiger partial charge >= 0.3 is 0 Å². The molecule has 5 nitrogen and oxygen atoms in total. The molecule has 1 aromatic rings. The van der Waals surface area contributed by atoms with Crippen LogP contribution < -0.4 is 16.8 Å². The van der Waals surface area contributed by atoms with Gasteiger partial charge in [0.25, 0.3) is 5.91 Å². The molecular formula is C13H19N3O2S. The molecule has 6 heteroatoms. The second-order valence-electron chi connectivity index (χ2n) is 4.28. The highest BCUT2D eigenvalue weighted by atomic mass is 32.2. The van der Waals surface area contributed by atoms with Crippen LogP contribution >= 0.6 is 11.8 Å². The summed E-state index contributed by atoms with van der Waals surface area (Å²) in [6, 6.07) is 6.83. The minimum atomic E-state index is -0.555. The first kappa shape index (κ1) is 15.5. The summed E-state index contributed by atoms with van der Waals surface area (Å²) >= 11 is 1.51. The maximum absolute atomic E-state index is 11.7. The van der Waals surface area contributed by atoms with Gasteiger partial charge in [-0.05, 0) is 31.2 Å². The third kappa shape index (κ3) is 5.76. The number of anilines is 1. The second-order valence-corrected chi connectivity index (χ2v) is 5.38. The van der Waals surface area contributed by atoms with Crippen molar-refractivity contribution >= 4 is 29.3 Å². The van der Waals surface area contributed by atoms with Gasteiger partial charge in [-0.25, -0.2) is 0 Å². The molecule has 2 amide bonds. The first-order valence-corrected chi connectivity index (χ1v) is 7.18. The van der Waals surface area contributed by atoms with Crippen molar-refractivity contribution in [3.63, 3.8) is 0 Å². The SMILES string of the molecule is CC(N)CCSCC(=O)Nc1ccccc1C(N)=O. The summed E-state index contributed by atoms with van der Waals surface area (Å²) in [5, 5.41) is 2.69. The van der Waals surface area contributed by atoms with Gasteiger partial charge in [0.2, 0.25) is 5.91 Å². The summed E-state index contributed by atoms with van der Waals surface area (Å²) < 4.78 is 0. The van der Waals surface area contributed by atoms with E-state index in [4.69, 9.17) is 11.5 Å². The number of amides is 2. The largest absolute Gasteiger partial charge is 0.366 e. The lowest BCUT2D eigenvalue weighted by Gasteiger charge is -2.09. The minimum Gasteiger partial charge on any atom is -0.366 e. The molecule has 1 atom stereocenters. The molecule has 1 aromatic carbocycles. The highest BCUT2D eigenvalue weighted by Gasteiger charge is 2.10. The first-order valence-electron chi connectivity index (χ1n) is 6.02. The van der Waals surface area contributed by atoms with Crippen LogP contribution in [0.15, 0.2) is 24.3 Å². The molecule has 0 fully saturated rings. The molecule has 0 aliphatic carbocycles. The van der Waals surface area contributed by atoms with Gasteiger partial charge in [0, 0.05) is 6.04 Å². The summed E-state index contributed by atoms with van der Waals surface area (Å²) in [7, 11) is 0. The van der Waals surface area contributed by atoms with Crippen LogP contribution in [-0.4, -0.2) is 29.4 Å². The highest BCUT2D eigenvalue weighted by molar-refractivity contribution is 7.99. The Hall–Kier alpha value is -1.53. The summed E-state index contributed by atoms with van der Waals surface area (Å²) in [5.74, 6) is 0.464. The van der Waals surface area contributed by atoms with E-state index in [-0.39, 0.29) is 11.9 Å². The van der Waals surface area contributed by atoms with Crippen molar-refractivity contribution in [1.82, 2.24) is 0 Å². The summed E-state index contributed by atoms with van der Waals surface area (Å²) in [6.07, 6.45) is 0.871. The molecule has 0 saturated heterocycles. The predicted molar refractivity (Wildman–Crippen MR) is 79.2 cm³/mol. The Morgan fingerprint density at radius 1 is 1.37 bits per heavy atom. The molecule has 0 radical (unpaired) electrons. The summed E-state index contributed by atoms with van der Waals surface area (Å²) in [4.78, 5) is 22.9. The molecule has 0 heterocycles. The van der Waals surface area contributed by atoms with E-state index >= 15 is 0 Å². The van der Waals surface area contributed by atoms with Gasteiger partial charge in [-0.2, -0.15) is 11.8 Å². The van der Waals surface area contributed by atoms with E-state index in [0.717, 1.165) is 12.2 Å². The molecule has 0 spiro atoms. The quantitative estimate of drug-likeness (QED) is 0.654. The van der Waals surface area contributed by atoms with Crippen LogP contribution in [0.3, 0.4) is 0 Å². The Labute approximate surface area is 117 Å². The van der Waals surface area contributed by atoms with Crippen molar-refractivity contribution in [2.75, 3.05) is 16.8 Å². The fraction of sp³-hybridized carbons (Fsp3) is 0.385. The fourth-order valence-corrected chi connectivity index (χ4v) is 2.37. The van der Waals surface area contributed by atoms with E-state index in [1.54, 1.807) is 24.3 Å². The van der Waals surface area contributed by atoms with Crippen molar-refractivity contribution in [3.8, 4) is 0 Å². The van der Waals surface area contributed by atoms with Gasteiger partial charge in [0.05, 0.1) is 17.0 Å². The van der Waals surface area contributed by atoms with Crippen molar-refractivity contribution in [2.24, 2.45) is 11.5 Å². The van der Waals surface area contributed by atoms with Crippen molar-refractivity contribution < 1.29 is 9.59 Å². The predicted octanol–water partition coefficient (Wildman–Crippen LogP) is 1.19. The van der Waals surface area contributed by atoms with E-state index in [0.29, 0.717) is 17.0 Å². The number of carbonyl (C=O) groups excluding carboxylic acids is 2. The highest BCUT2D eigenvalue weighted by Crippen LogP contribution is 2.15. The number of rotatable bonds is 7. The van der Waals surface area contributed by atoms with Crippen molar-refractivity contribution in [2.45, 2.75) is 19.4 Å². The first-order chi connectivity index (χ1) is 9.00. The number of thioether (sulfide) groups is 1. The van der Waals surface area contributed by atoms with Crippen LogP contribution in [0, 0.1) is 0 Å². The Bertz CT molecular complexity index is 449. The zero-order valence-corrected chi connectivity index (χ0v) is 11.7. The topological polar surface area (TPSA) is 98.2 Å². The van der Waals surface area contributed by atoms with Crippen LogP contribution in [0.5, 0.6) is 0 Å². The van der Waals surface area contributed by atoms with Crippen LogP contribution in [0.1, 0.15) is 23.7 Å². The number of nitrogens with two attached hydrogens (primary N) is 2. The van der Waals surface area contributed by atoms with E-state index in [9.17, 15) is 9.59 Å². The zero-order chi connectivity index (χ0) is 14.3. The van der Waals surface area contributed by atoms with Crippen LogP contribution in [0.25, 0.3) is 0 Å². The third-order valence-electron chi connectivity index (χ3n) is 2.42. The molecule has 104 valence electrons. The molecule has 0 bridgehead atoms. The number of benzene rings is 1. The summed E-state index contributed by atoms with van der Waals surface area (Å²) in [5.41, 5.74) is 11.6. The lowest BCUT2D eigenvalue weighted by molar-refractivity contribution is -0.113. The van der Waals surface area contributed by atoms with E-state index in [2.05, 4.69) is 5.32 Å². The number of nitrogens with one attached hydrogen (secondary N) is 1. The Kier molecular flexibility index (Phi) is 6.38. The molecular weight excluding hydrogens is 262 g/mol. The van der Waals surface area contributed by atoms with Gasteiger partial charge in [-0.1, -0.05) is 12.1 Å². The van der Waals surface area contributed by atoms with Crippen molar-refractivity contribution in [1.29, 1.82) is 0 Å². The second kappa shape index (κ2) is 7.81. The van der Waals surface area contributed by atoms with Crippen LogP contribution in [0.4, 0.5) is 5.69 Å². The Balaban J connectivity index is 2.46. The number of para-hydroxylation sites is 1. The normalized spacial score (nSPS) is 11.9. The average Bonchev–Trinajstić information content (AvgIpc) is 2.35. The molecule has 1 unspecified atom stereocenters. The zero-order valence-electron chi connectivity index (χ0n) is 10.9. The molecule has 0 aliphatic rings. The minimum absolute atomic E-state index is 0.145. The molecule has 19 heavy (non-hydrogen) atoms. The van der Waals surface area contributed by atoms with Gasteiger partial charge in [0.1, 0.15) is 0 Å². The van der Waals surface area contributed by atoms with Gasteiger partial charge in [0.15, 0.2) is 0 Å². The number of carbonyl (C=O) groups is 2. The van der Waals surface area contributed by atoms with E-state index < -0.39 is 5.91 Å². The monoisotopic (exact) mass is 281 g/mol. The van der Waals surface area contributed by atoms with Crippen LogP contribution in [0.2, 0.25) is 0 Å².